The number of nitrogens with one attached hydrogen (secondary N) is 2. The van der Waals surface area contributed by atoms with Gasteiger partial charge in [0.1, 0.15) is 6.33 Å². The largest absolute Gasteiger partial charge is 0.381 e. The SMILES string of the molecule is CC1(C)CCSCC1Nc1ccc(Sc2ncn[nH]2)cc1. The molecule has 0 spiro atoms. The number of hydrogen-bond donors (Lipinski definition) is 2. The van der Waals surface area contributed by atoms with Crippen LogP contribution in [0.25, 0.3) is 0 Å². The molecule has 1 aromatic heterocycles. The van der Waals surface area contributed by atoms with Gasteiger partial charge in [-0.2, -0.15) is 16.9 Å². The zero-order valence-electron chi connectivity index (χ0n) is 12.3. The van der Waals surface area contributed by atoms with Crippen LogP contribution in [0.4, 0.5) is 5.69 Å². The zero-order chi connectivity index (χ0) is 14.7. The Kier molecular flexibility index (Phi) is 4.45. The lowest BCUT2D eigenvalue weighted by Crippen LogP contribution is -2.41. The summed E-state index contributed by atoms with van der Waals surface area (Å²) in [5.41, 5.74) is 1.55. The summed E-state index contributed by atoms with van der Waals surface area (Å²) in [5.74, 6) is 2.46. The standard InChI is InChI=1S/C15H20N4S2/c1-15(2)7-8-20-9-13(15)18-11-3-5-12(6-4-11)21-14-16-10-17-19-14/h3-6,10,13,18H,7-9H2,1-2H3,(H,16,17,19). The van der Waals surface area contributed by atoms with E-state index in [2.05, 4.69) is 58.6 Å². The summed E-state index contributed by atoms with van der Waals surface area (Å²) in [6, 6.07) is 9.07. The fourth-order valence-electron chi connectivity index (χ4n) is 2.35. The van der Waals surface area contributed by atoms with Crippen LogP contribution in [-0.2, 0) is 0 Å². The van der Waals surface area contributed by atoms with Crippen LogP contribution >= 0.6 is 23.5 Å². The molecule has 3 rings (SSSR count). The number of anilines is 1. The minimum Gasteiger partial charge on any atom is -0.381 e. The first kappa shape index (κ1) is 14.8. The Hall–Kier alpha value is -1.14. The maximum absolute atomic E-state index is 4.12. The second-order valence-corrected chi connectivity index (χ2v) is 8.14. The van der Waals surface area contributed by atoms with Crippen LogP contribution in [0, 0.1) is 5.41 Å². The van der Waals surface area contributed by atoms with Crippen LogP contribution in [0.3, 0.4) is 0 Å². The van der Waals surface area contributed by atoms with Gasteiger partial charge in [0, 0.05) is 22.4 Å². The minimum atomic E-state index is 0.360. The molecule has 1 atom stereocenters. The van der Waals surface area contributed by atoms with Crippen molar-refractivity contribution in [1.29, 1.82) is 0 Å². The lowest BCUT2D eigenvalue weighted by molar-refractivity contribution is 0.305. The molecule has 21 heavy (non-hydrogen) atoms. The van der Waals surface area contributed by atoms with E-state index in [1.807, 2.05) is 11.8 Å². The molecule has 0 aliphatic carbocycles. The van der Waals surface area contributed by atoms with Gasteiger partial charge in [-0.15, -0.1) is 0 Å². The quantitative estimate of drug-likeness (QED) is 0.895. The minimum absolute atomic E-state index is 0.360. The van der Waals surface area contributed by atoms with Gasteiger partial charge in [0.2, 0.25) is 0 Å². The number of nitrogens with zero attached hydrogens (tertiary/aromatic N) is 2. The molecule has 2 N–H and O–H groups in total. The summed E-state index contributed by atoms with van der Waals surface area (Å²) >= 11 is 3.63. The number of rotatable bonds is 4. The predicted molar refractivity (Wildman–Crippen MR) is 90.1 cm³/mol. The summed E-state index contributed by atoms with van der Waals surface area (Å²) < 4.78 is 0. The van der Waals surface area contributed by atoms with Gasteiger partial charge >= 0.3 is 0 Å². The fourth-order valence-corrected chi connectivity index (χ4v) is 4.65. The van der Waals surface area contributed by atoms with E-state index in [0.29, 0.717) is 11.5 Å². The highest BCUT2D eigenvalue weighted by Crippen LogP contribution is 2.36. The maximum Gasteiger partial charge on any atom is 0.188 e. The van der Waals surface area contributed by atoms with Crippen LogP contribution in [0.1, 0.15) is 20.3 Å². The number of thioether (sulfide) groups is 1. The Balaban J connectivity index is 1.64. The number of H-pyrrole nitrogens is 1. The molecule has 2 aromatic rings. The van der Waals surface area contributed by atoms with Crippen molar-refractivity contribution in [3.63, 3.8) is 0 Å². The molecule has 1 fully saturated rings. The summed E-state index contributed by atoms with van der Waals surface area (Å²) in [6.45, 7) is 4.72. The van der Waals surface area contributed by atoms with E-state index in [4.69, 9.17) is 0 Å². The van der Waals surface area contributed by atoms with Crippen LogP contribution in [0.2, 0.25) is 0 Å². The van der Waals surface area contributed by atoms with Gasteiger partial charge in [-0.05, 0) is 41.9 Å². The van der Waals surface area contributed by atoms with Gasteiger partial charge in [0.25, 0.3) is 0 Å². The first-order valence-electron chi connectivity index (χ1n) is 7.11. The van der Waals surface area contributed by atoms with E-state index < -0.39 is 0 Å². The van der Waals surface area contributed by atoms with Crippen LogP contribution in [0.15, 0.2) is 40.6 Å². The van der Waals surface area contributed by atoms with E-state index in [-0.39, 0.29) is 0 Å². The van der Waals surface area contributed by atoms with Crippen LogP contribution in [0.5, 0.6) is 0 Å². The number of aromatic nitrogens is 3. The van der Waals surface area contributed by atoms with Crippen molar-refractivity contribution in [2.75, 3.05) is 16.8 Å². The number of hydrogen-bond acceptors (Lipinski definition) is 5. The first-order chi connectivity index (χ1) is 10.1. The van der Waals surface area contributed by atoms with E-state index in [1.54, 1.807) is 11.8 Å². The molecule has 6 heteroatoms. The Morgan fingerprint density at radius 1 is 1.33 bits per heavy atom. The van der Waals surface area contributed by atoms with Crippen molar-refractivity contribution in [2.24, 2.45) is 5.41 Å². The molecule has 4 nitrogen and oxygen atoms in total. The molecule has 0 amide bonds. The Bertz CT molecular complexity index is 566. The van der Waals surface area contributed by atoms with Gasteiger partial charge < -0.3 is 5.32 Å². The van der Waals surface area contributed by atoms with Gasteiger partial charge in [-0.3, -0.25) is 5.10 Å². The third kappa shape index (κ3) is 3.74. The average Bonchev–Trinajstić information content (AvgIpc) is 2.96. The molecule has 112 valence electrons. The van der Waals surface area contributed by atoms with E-state index in [9.17, 15) is 0 Å². The summed E-state index contributed by atoms with van der Waals surface area (Å²) in [5, 5.41) is 11.2. The zero-order valence-corrected chi connectivity index (χ0v) is 13.9. The first-order valence-corrected chi connectivity index (χ1v) is 9.08. The average molecular weight is 320 g/mol. The Labute approximate surface area is 133 Å². The van der Waals surface area contributed by atoms with E-state index >= 15 is 0 Å². The van der Waals surface area contributed by atoms with Crippen molar-refractivity contribution in [1.82, 2.24) is 15.2 Å². The lowest BCUT2D eigenvalue weighted by Gasteiger charge is -2.39. The molecular weight excluding hydrogens is 300 g/mol. The molecule has 1 aromatic carbocycles. The highest BCUT2D eigenvalue weighted by molar-refractivity contribution is 7.99. The Morgan fingerprint density at radius 2 is 2.14 bits per heavy atom. The number of aromatic amines is 1. The van der Waals surface area contributed by atoms with E-state index in [0.717, 1.165) is 10.1 Å². The molecule has 0 saturated carbocycles. The molecule has 1 aliphatic rings. The summed E-state index contributed by atoms with van der Waals surface area (Å²) in [6.07, 6.45) is 2.80. The van der Waals surface area contributed by atoms with E-state index in [1.165, 1.54) is 29.9 Å². The monoisotopic (exact) mass is 320 g/mol. The second-order valence-electron chi connectivity index (χ2n) is 5.93. The van der Waals surface area contributed by atoms with Crippen molar-refractivity contribution in [3.05, 3.63) is 30.6 Å². The maximum atomic E-state index is 4.12. The molecule has 0 bridgehead atoms. The number of benzene rings is 1. The van der Waals surface area contributed by atoms with Crippen molar-refractivity contribution in [2.45, 2.75) is 36.4 Å². The molecule has 2 heterocycles. The second kappa shape index (κ2) is 6.32. The third-order valence-electron chi connectivity index (χ3n) is 3.92. The van der Waals surface area contributed by atoms with Crippen LogP contribution in [-0.4, -0.2) is 32.7 Å². The highest BCUT2D eigenvalue weighted by atomic mass is 32.2. The van der Waals surface area contributed by atoms with Crippen LogP contribution < -0.4 is 5.32 Å². The lowest BCUT2D eigenvalue weighted by atomic mass is 9.82. The van der Waals surface area contributed by atoms with Gasteiger partial charge in [0.05, 0.1) is 0 Å². The van der Waals surface area contributed by atoms with Crippen molar-refractivity contribution >= 4 is 29.2 Å². The smallest absolute Gasteiger partial charge is 0.188 e. The third-order valence-corrected chi connectivity index (χ3v) is 5.88. The normalized spacial score (nSPS) is 21.1. The molecule has 1 saturated heterocycles. The fraction of sp³-hybridized carbons (Fsp3) is 0.467. The summed E-state index contributed by atoms with van der Waals surface area (Å²) in [7, 11) is 0. The Morgan fingerprint density at radius 3 is 2.81 bits per heavy atom. The predicted octanol–water partition coefficient (Wildman–Crippen LogP) is 3.90. The van der Waals surface area contributed by atoms with Gasteiger partial charge in [0.15, 0.2) is 5.16 Å². The van der Waals surface area contributed by atoms with Gasteiger partial charge in [-0.1, -0.05) is 25.6 Å². The van der Waals surface area contributed by atoms with Gasteiger partial charge in [-0.25, -0.2) is 4.98 Å². The van der Waals surface area contributed by atoms with Crippen molar-refractivity contribution < 1.29 is 0 Å². The molecule has 1 unspecified atom stereocenters. The summed E-state index contributed by atoms with van der Waals surface area (Å²) in [4.78, 5) is 5.29. The topological polar surface area (TPSA) is 53.6 Å². The highest BCUT2D eigenvalue weighted by Gasteiger charge is 2.32. The molecule has 0 radical (unpaired) electrons. The van der Waals surface area contributed by atoms with Crippen molar-refractivity contribution in [3.8, 4) is 0 Å². The molecule has 1 aliphatic heterocycles. The molecular formula is C15H20N4S2.